The maximum atomic E-state index is 10.8. The summed E-state index contributed by atoms with van der Waals surface area (Å²) in [5.74, 6) is -0.944. The molecule has 0 heterocycles. The highest BCUT2D eigenvalue weighted by atomic mass is 16.4. The third-order valence-corrected chi connectivity index (χ3v) is 3.31. The molecule has 0 aliphatic carbocycles. The second-order valence-corrected chi connectivity index (χ2v) is 4.65. The van der Waals surface area contributed by atoms with Gasteiger partial charge in [0.25, 0.3) is 0 Å². The van der Waals surface area contributed by atoms with Gasteiger partial charge in [0.1, 0.15) is 0 Å². The number of rotatable bonds is 8. The zero-order valence-electron chi connectivity index (χ0n) is 10.9. The van der Waals surface area contributed by atoms with Crippen LogP contribution in [0.15, 0.2) is 30.3 Å². The van der Waals surface area contributed by atoms with Crippen molar-refractivity contribution in [2.24, 2.45) is 5.92 Å². The fourth-order valence-electron chi connectivity index (χ4n) is 2.07. The zero-order chi connectivity index (χ0) is 13.4. The van der Waals surface area contributed by atoms with Crippen molar-refractivity contribution in [1.82, 2.24) is 0 Å². The van der Waals surface area contributed by atoms with E-state index in [4.69, 9.17) is 5.11 Å². The van der Waals surface area contributed by atoms with Gasteiger partial charge in [-0.05, 0) is 24.8 Å². The van der Waals surface area contributed by atoms with E-state index in [0.717, 1.165) is 18.4 Å². The van der Waals surface area contributed by atoms with Gasteiger partial charge in [-0.2, -0.15) is 0 Å². The van der Waals surface area contributed by atoms with Crippen molar-refractivity contribution in [1.29, 1.82) is 0 Å². The van der Waals surface area contributed by atoms with Crippen LogP contribution in [-0.2, 0) is 4.79 Å². The van der Waals surface area contributed by atoms with E-state index in [1.54, 1.807) is 0 Å². The molecule has 1 aromatic rings. The van der Waals surface area contributed by atoms with E-state index in [-0.39, 0.29) is 5.92 Å². The van der Waals surface area contributed by atoms with Gasteiger partial charge in [-0.25, -0.2) is 0 Å². The van der Waals surface area contributed by atoms with Gasteiger partial charge < -0.3 is 10.2 Å². The molecule has 0 aliphatic rings. The van der Waals surface area contributed by atoms with Crippen LogP contribution in [0.1, 0.15) is 50.7 Å². The van der Waals surface area contributed by atoms with E-state index in [9.17, 15) is 9.90 Å². The number of carboxylic acids is 1. The molecule has 2 N–H and O–H groups in total. The summed E-state index contributed by atoms with van der Waals surface area (Å²) in [6.07, 6.45) is 3.36. The Bertz CT molecular complexity index is 348. The summed E-state index contributed by atoms with van der Waals surface area (Å²) >= 11 is 0. The molecule has 1 rings (SSSR count). The molecule has 1 aromatic carbocycles. The first-order chi connectivity index (χ1) is 8.65. The molecule has 18 heavy (non-hydrogen) atoms. The topological polar surface area (TPSA) is 57.5 Å². The Kier molecular flexibility index (Phi) is 6.44. The third kappa shape index (κ3) is 4.88. The highest BCUT2D eigenvalue weighted by molar-refractivity contribution is 5.69. The fraction of sp³-hybridized carbons (Fsp3) is 0.533. The van der Waals surface area contributed by atoms with Crippen LogP contribution in [0.3, 0.4) is 0 Å². The molecule has 0 saturated carbocycles. The minimum atomic E-state index is -0.707. The number of aliphatic carboxylic acids is 1. The monoisotopic (exact) mass is 250 g/mol. The quantitative estimate of drug-likeness (QED) is 0.695. The number of carbonyl (C=O) groups is 1. The van der Waals surface area contributed by atoms with E-state index < -0.39 is 12.1 Å². The summed E-state index contributed by atoms with van der Waals surface area (Å²) in [4.78, 5) is 10.8. The minimum absolute atomic E-state index is 0.237. The molecule has 0 radical (unpaired) electrons. The van der Waals surface area contributed by atoms with Crippen LogP contribution in [0, 0.1) is 5.92 Å². The highest BCUT2D eigenvalue weighted by Gasteiger charge is 2.14. The summed E-state index contributed by atoms with van der Waals surface area (Å²) in [7, 11) is 0. The standard InChI is InChI=1S/C15H22O3/c1-2-12(15(17)18)8-6-7-11-14(16)13-9-4-3-5-10-13/h3-5,9-10,12,14,16H,2,6-8,11H2,1H3,(H,17,18). The lowest BCUT2D eigenvalue weighted by Gasteiger charge is -2.12. The summed E-state index contributed by atoms with van der Waals surface area (Å²) in [6, 6.07) is 9.58. The van der Waals surface area contributed by atoms with Crippen LogP contribution in [0.2, 0.25) is 0 Å². The first-order valence-electron chi connectivity index (χ1n) is 6.61. The van der Waals surface area contributed by atoms with Gasteiger partial charge in [0.05, 0.1) is 12.0 Å². The smallest absolute Gasteiger partial charge is 0.306 e. The molecule has 0 saturated heterocycles. The second kappa shape index (κ2) is 7.88. The molecule has 3 heteroatoms. The number of carboxylic acid groups (broad SMARTS) is 1. The van der Waals surface area contributed by atoms with Crippen LogP contribution in [0.4, 0.5) is 0 Å². The van der Waals surface area contributed by atoms with Crippen LogP contribution in [0.25, 0.3) is 0 Å². The van der Waals surface area contributed by atoms with Crippen molar-refractivity contribution >= 4 is 5.97 Å². The van der Waals surface area contributed by atoms with Crippen LogP contribution in [-0.4, -0.2) is 16.2 Å². The van der Waals surface area contributed by atoms with Crippen LogP contribution in [0.5, 0.6) is 0 Å². The molecular formula is C15H22O3. The summed E-state index contributed by atoms with van der Waals surface area (Å²) in [5, 5.41) is 18.8. The Morgan fingerprint density at radius 2 is 1.78 bits per heavy atom. The first kappa shape index (κ1) is 14.7. The van der Waals surface area contributed by atoms with Gasteiger partial charge in [-0.3, -0.25) is 4.79 Å². The van der Waals surface area contributed by atoms with Crippen molar-refractivity contribution < 1.29 is 15.0 Å². The lowest BCUT2D eigenvalue weighted by molar-refractivity contribution is -0.142. The largest absolute Gasteiger partial charge is 0.481 e. The number of hydrogen-bond donors (Lipinski definition) is 2. The van der Waals surface area contributed by atoms with Crippen molar-refractivity contribution in [3.05, 3.63) is 35.9 Å². The lowest BCUT2D eigenvalue weighted by Crippen LogP contribution is -2.12. The Morgan fingerprint density at radius 3 is 2.33 bits per heavy atom. The van der Waals surface area contributed by atoms with E-state index >= 15 is 0 Å². The normalized spacial score (nSPS) is 14.1. The molecule has 3 nitrogen and oxygen atoms in total. The van der Waals surface area contributed by atoms with Gasteiger partial charge >= 0.3 is 5.97 Å². The van der Waals surface area contributed by atoms with Crippen molar-refractivity contribution in [3.8, 4) is 0 Å². The van der Waals surface area contributed by atoms with Crippen molar-refractivity contribution in [2.75, 3.05) is 0 Å². The number of aliphatic hydroxyl groups excluding tert-OH is 1. The predicted molar refractivity (Wildman–Crippen MR) is 71.3 cm³/mol. The van der Waals surface area contributed by atoms with Crippen molar-refractivity contribution in [2.45, 2.75) is 45.1 Å². The molecule has 2 unspecified atom stereocenters. The number of aliphatic hydroxyl groups is 1. The molecule has 2 atom stereocenters. The van der Waals surface area contributed by atoms with Crippen LogP contribution >= 0.6 is 0 Å². The molecule has 0 amide bonds. The maximum absolute atomic E-state index is 10.8. The van der Waals surface area contributed by atoms with Gasteiger partial charge in [-0.15, -0.1) is 0 Å². The van der Waals surface area contributed by atoms with Gasteiger partial charge in [0.2, 0.25) is 0 Å². The predicted octanol–water partition coefficient (Wildman–Crippen LogP) is 3.39. The van der Waals surface area contributed by atoms with Crippen LogP contribution < -0.4 is 0 Å². The minimum Gasteiger partial charge on any atom is -0.481 e. The average molecular weight is 250 g/mol. The molecule has 0 aliphatic heterocycles. The van der Waals surface area contributed by atoms with Gasteiger partial charge in [0, 0.05) is 0 Å². The Labute approximate surface area is 108 Å². The van der Waals surface area contributed by atoms with E-state index in [1.165, 1.54) is 0 Å². The fourth-order valence-corrected chi connectivity index (χ4v) is 2.07. The molecule has 0 bridgehead atoms. The third-order valence-electron chi connectivity index (χ3n) is 3.31. The Hall–Kier alpha value is -1.35. The number of hydrogen-bond acceptors (Lipinski definition) is 2. The van der Waals surface area contributed by atoms with E-state index in [2.05, 4.69) is 0 Å². The molecule has 0 fully saturated rings. The Morgan fingerprint density at radius 1 is 1.17 bits per heavy atom. The summed E-state index contributed by atoms with van der Waals surface area (Å²) in [5.41, 5.74) is 0.933. The lowest BCUT2D eigenvalue weighted by atomic mass is 9.97. The van der Waals surface area contributed by atoms with Gasteiger partial charge in [-0.1, -0.05) is 50.1 Å². The number of unbranched alkanes of at least 4 members (excludes halogenated alkanes) is 1. The molecular weight excluding hydrogens is 228 g/mol. The van der Waals surface area contributed by atoms with Gasteiger partial charge in [0.15, 0.2) is 0 Å². The van der Waals surface area contributed by atoms with E-state index in [0.29, 0.717) is 19.3 Å². The summed E-state index contributed by atoms with van der Waals surface area (Å²) < 4.78 is 0. The first-order valence-corrected chi connectivity index (χ1v) is 6.61. The Balaban J connectivity index is 2.24. The van der Waals surface area contributed by atoms with E-state index in [1.807, 2.05) is 37.3 Å². The molecule has 0 spiro atoms. The number of benzene rings is 1. The summed E-state index contributed by atoms with van der Waals surface area (Å²) in [6.45, 7) is 1.90. The average Bonchev–Trinajstić information content (AvgIpc) is 2.39. The SMILES string of the molecule is CCC(CCCCC(O)c1ccccc1)C(=O)O. The molecule has 0 aromatic heterocycles. The van der Waals surface area contributed by atoms with Crippen molar-refractivity contribution in [3.63, 3.8) is 0 Å². The molecule has 100 valence electrons. The maximum Gasteiger partial charge on any atom is 0.306 e. The second-order valence-electron chi connectivity index (χ2n) is 4.65. The highest BCUT2D eigenvalue weighted by Crippen LogP contribution is 2.21. The zero-order valence-corrected chi connectivity index (χ0v) is 10.9.